The highest BCUT2D eigenvalue weighted by Crippen LogP contribution is 2.21. The van der Waals surface area contributed by atoms with Gasteiger partial charge in [-0.3, -0.25) is 9.59 Å². The molecular weight excluding hydrogens is 264 g/mol. The molecule has 1 aliphatic heterocycles. The van der Waals surface area contributed by atoms with E-state index >= 15 is 0 Å². The molecule has 4 nitrogen and oxygen atoms in total. The lowest BCUT2D eigenvalue weighted by Gasteiger charge is -2.24. The van der Waals surface area contributed by atoms with Gasteiger partial charge in [-0.2, -0.15) is 0 Å². The largest absolute Gasteiger partial charge is 0.354 e. The van der Waals surface area contributed by atoms with Gasteiger partial charge in [0.1, 0.15) is 6.04 Å². The van der Waals surface area contributed by atoms with Gasteiger partial charge < -0.3 is 10.2 Å². The fourth-order valence-electron chi connectivity index (χ4n) is 2.59. The highest BCUT2D eigenvalue weighted by atomic mass is 16.2. The first-order valence-electron chi connectivity index (χ1n) is 7.69. The number of rotatable bonds is 6. The minimum absolute atomic E-state index is 0.0163. The van der Waals surface area contributed by atoms with E-state index in [1.54, 1.807) is 4.90 Å². The van der Waals surface area contributed by atoms with E-state index in [0.717, 1.165) is 12.0 Å². The number of carbonyl (C=O) groups excluding carboxylic acids is 2. The van der Waals surface area contributed by atoms with Crippen molar-refractivity contribution in [3.8, 4) is 0 Å². The summed E-state index contributed by atoms with van der Waals surface area (Å²) in [6.45, 7) is 5.46. The molecule has 1 fully saturated rings. The molecule has 21 heavy (non-hydrogen) atoms. The summed E-state index contributed by atoms with van der Waals surface area (Å²) >= 11 is 0. The molecule has 0 saturated carbocycles. The fourth-order valence-corrected chi connectivity index (χ4v) is 2.59. The lowest BCUT2D eigenvalue weighted by Crippen LogP contribution is -2.44. The van der Waals surface area contributed by atoms with Crippen LogP contribution < -0.4 is 5.32 Å². The lowest BCUT2D eigenvalue weighted by atomic mass is 10.1. The van der Waals surface area contributed by atoms with Gasteiger partial charge in [0.05, 0.1) is 0 Å². The average molecular weight is 288 g/mol. The molecule has 1 aromatic carbocycles. The zero-order valence-corrected chi connectivity index (χ0v) is 12.8. The fraction of sp³-hybridized carbons (Fsp3) is 0.529. The van der Waals surface area contributed by atoms with Crippen molar-refractivity contribution in [2.24, 2.45) is 5.92 Å². The molecule has 1 atom stereocenters. The quantitative estimate of drug-likeness (QED) is 0.873. The van der Waals surface area contributed by atoms with Crippen LogP contribution in [0.15, 0.2) is 30.3 Å². The van der Waals surface area contributed by atoms with Crippen LogP contribution in [0.3, 0.4) is 0 Å². The lowest BCUT2D eigenvalue weighted by molar-refractivity contribution is -0.135. The maximum atomic E-state index is 12.3. The van der Waals surface area contributed by atoms with Gasteiger partial charge in [0.25, 0.3) is 0 Å². The van der Waals surface area contributed by atoms with Crippen LogP contribution in [0.4, 0.5) is 0 Å². The molecule has 1 N–H and O–H groups in total. The van der Waals surface area contributed by atoms with Gasteiger partial charge in [-0.05, 0) is 24.3 Å². The third kappa shape index (κ3) is 4.31. The molecule has 114 valence electrons. The van der Waals surface area contributed by atoms with Crippen LogP contribution in [0, 0.1) is 5.92 Å². The van der Waals surface area contributed by atoms with Crippen molar-refractivity contribution in [1.82, 2.24) is 10.2 Å². The van der Waals surface area contributed by atoms with Gasteiger partial charge in [-0.1, -0.05) is 44.2 Å². The van der Waals surface area contributed by atoms with E-state index in [0.29, 0.717) is 31.8 Å². The van der Waals surface area contributed by atoms with Crippen molar-refractivity contribution in [3.63, 3.8) is 0 Å². The predicted molar refractivity (Wildman–Crippen MR) is 82.5 cm³/mol. The Kier molecular flexibility index (Phi) is 5.37. The maximum Gasteiger partial charge on any atom is 0.242 e. The Morgan fingerprint density at radius 2 is 2.05 bits per heavy atom. The van der Waals surface area contributed by atoms with Crippen LogP contribution >= 0.6 is 0 Å². The Bertz CT molecular complexity index is 485. The molecule has 0 bridgehead atoms. The Morgan fingerprint density at radius 1 is 1.33 bits per heavy atom. The smallest absolute Gasteiger partial charge is 0.242 e. The molecule has 0 aliphatic carbocycles. The molecule has 1 unspecified atom stereocenters. The summed E-state index contributed by atoms with van der Waals surface area (Å²) in [6.07, 6.45) is 2.05. The van der Waals surface area contributed by atoms with E-state index in [1.807, 2.05) is 30.3 Å². The van der Waals surface area contributed by atoms with Crippen LogP contribution in [0.1, 0.15) is 38.7 Å². The topological polar surface area (TPSA) is 49.4 Å². The summed E-state index contributed by atoms with van der Waals surface area (Å²) in [6, 6.07) is 9.51. The molecule has 2 amide bonds. The number of likely N-dealkylation sites (tertiary alicyclic amines) is 1. The van der Waals surface area contributed by atoms with Crippen molar-refractivity contribution in [1.29, 1.82) is 0 Å². The Labute approximate surface area is 126 Å². The predicted octanol–water partition coefficient (Wildman–Crippen LogP) is 2.34. The number of amides is 2. The first-order chi connectivity index (χ1) is 10.1. The molecule has 1 aromatic rings. The molecule has 4 heteroatoms. The van der Waals surface area contributed by atoms with Crippen LogP contribution in [-0.4, -0.2) is 29.3 Å². The summed E-state index contributed by atoms with van der Waals surface area (Å²) in [7, 11) is 0. The number of nitrogens with one attached hydrogen (secondary N) is 1. The zero-order valence-electron chi connectivity index (χ0n) is 12.8. The van der Waals surface area contributed by atoms with Gasteiger partial charge in [0.2, 0.25) is 11.8 Å². The summed E-state index contributed by atoms with van der Waals surface area (Å²) in [5, 5.41) is 2.96. The third-order valence-corrected chi connectivity index (χ3v) is 3.85. The van der Waals surface area contributed by atoms with E-state index in [4.69, 9.17) is 0 Å². The highest BCUT2D eigenvalue weighted by Gasteiger charge is 2.35. The van der Waals surface area contributed by atoms with Crippen LogP contribution in [0.5, 0.6) is 0 Å². The number of hydrogen-bond donors (Lipinski definition) is 1. The summed E-state index contributed by atoms with van der Waals surface area (Å²) in [5.74, 6) is 0.622. The van der Waals surface area contributed by atoms with E-state index in [1.165, 1.54) is 0 Å². The first kappa shape index (κ1) is 15.5. The second kappa shape index (κ2) is 7.25. The second-order valence-corrected chi connectivity index (χ2v) is 6.04. The second-order valence-electron chi connectivity index (χ2n) is 6.04. The molecule has 1 aliphatic rings. The minimum atomic E-state index is -0.315. The van der Waals surface area contributed by atoms with Crippen molar-refractivity contribution < 1.29 is 9.59 Å². The van der Waals surface area contributed by atoms with Crippen LogP contribution in [-0.2, 0) is 16.1 Å². The van der Waals surface area contributed by atoms with Crippen molar-refractivity contribution >= 4 is 11.8 Å². The van der Waals surface area contributed by atoms with E-state index < -0.39 is 0 Å². The van der Waals surface area contributed by atoms with Crippen LogP contribution in [0.25, 0.3) is 0 Å². The molecular formula is C17H24N2O2. The summed E-state index contributed by atoms with van der Waals surface area (Å²) in [5.41, 5.74) is 1.06. The van der Waals surface area contributed by atoms with Crippen molar-refractivity contribution in [2.75, 3.05) is 6.54 Å². The molecule has 1 saturated heterocycles. The van der Waals surface area contributed by atoms with Crippen molar-refractivity contribution in [2.45, 2.75) is 45.7 Å². The van der Waals surface area contributed by atoms with Gasteiger partial charge in [0, 0.05) is 19.5 Å². The number of nitrogens with zero attached hydrogens (tertiary/aromatic N) is 1. The third-order valence-electron chi connectivity index (χ3n) is 3.85. The summed E-state index contributed by atoms with van der Waals surface area (Å²) < 4.78 is 0. The monoisotopic (exact) mass is 288 g/mol. The Morgan fingerprint density at radius 3 is 2.71 bits per heavy atom. The van der Waals surface area contributed by atoms with Gasteiger partial charge in [-0.15, -0.1) is 0 Å². The van der Waals surface area contributed by atoms with E-state index in [-0.39, 0.29) is 17.9 Å². The number of hydrogen-bond acceptors (Lipinski definition) is 2. The Balaban J connectivity index is 1.94. The average Bonchev–Trinajstić information content (AvgIpc) is 2.81. The van der Waals surface area contributed by atoms with Crippen LogP contribution in [0.2, 0.25) is 0 Å². The number of carbonyl (C=O) groups is 2. The minimum Gasteiger partial charge on any atom is -0.354 e. The molecule has 0 aromatic heterocycles. The molecule has 2 rings (SSSR count). The maximum absolute atomic E-state index is 12.3. The van der Waals surface area contributed by atoms with Crippen molar-refractivity contribution in [3.05, 3.63) is 35.9 Å². The standard InChI is InChI=1S/C17H24N2O2/c1-13(2)10-11-18-17(21)15-8-9-16(20)19(15)12-14-6-4-3-5-7-14/h3-7,13,15H,8-12H2,1-2H3,(H,18,21). The zero-order chi connectivity index (χ0) is 15.2. The first-order valence-corrected chi connectivity index (χ1v) is 7.69. The van der Waals surface area contributed by atoms with Gasteiger partial charge >= 0.3 is 0 Å². The summed E-state index contributed by atoms with van der Waals surface area (Å²) in [4.78, 5) is 26.0. The van der Waals surface area contributed by atoms with Gasteiger partial charge in [-0.25, -0.2) is 0 Å². The Hall–Kier alpha value is -1.84. The molecule has 0 spiro atoms. The van der Waals surface area contributed by atoms with E-state index in [2.05, 4.69) is 19.2 Å². The molecule has 0 radical (unpaired) electrons. The SMILES string of the molecule is CC(C)CCNC(=O)C1CCC(=O)N1Cc1ccccc1. The normalized spacial score (nSPS) is 18.3. The molecule has 1 heterocycles. The highest BCUT2D eigenvalue weighted by molar-refractivity contribution is 5.90. The number of benzene rings is 1. The van der Waals surface area contributed by atoms with E-state index in [9.17, 15) is 9.59 Å². The van der Waals surface area contributed by atoms with Gasteiger partial charge in [0.15, 0.2) is 0 Å².